The van der Waals surface area contributed by atoms with Gasteiger partial charge in [-0.05, 0) is 18.3 Å². The second-order valence-corrected chi connectivity index (χ2v) is 6.76. The number of hydrogen-bond acceptors (Lipinski definition) is 3. The Labute approximate surface area is 98.7 Å². The van der Waals surface area contributed by atoms with Gasteiger partial charge in [-0.25, -0.2) is 12.7 Å². The molecule has 0 atom stereocenters. The molecule has 0 spiro atoms. The lowest BCUT2D eigenvalue weighted by atomic mass is 9.83. The molecule has 0 aromatic rings. The number of nitrogens with two attached hydrogens (primary N) is 1. The highest BCUT2D eigenvalue weighted by Gasteiger charge is 2.30. The van der Waals surface area contributed by atoms with Gasteiger partial charge in [-0.2, -0.15) is 0 Å². The molecule has 0 radical (unpaired) electrons. The van der Waals surface area contributed by atoms with Gasteiger partial charge >= 0.3 is 0 Å². The third-order valence-electron chi connectivity index (χ3n) is 2.85. The molecule has 0 aromatic carbocycles. The van der Waals surface area contributed by atoms with Gasteiger partial charge in [0, 0.05) is 19.6 Å². The Morgan fingerprint density at radius 2 is 1.73 bits per heavy atom. The Morgan fingerprint density at radius 3 is 2.13 bits per heavy atom. The molecule has 1 saturated heterocycles. The van der Waals surface area contributed by atoms with Crippen LogP contribution in [0.5, 0.6) is 0 Å². The third-order valence-corrected chi connectivity index (χ3v) is 4.75. The van der Waals surface area contributed by atoms with E-state index >= 15 is 0 Å². The summed E-state index contributed by atoms with van der Waals surface area (Å²) in [5.41, 5.74) is 5.56. The number of nitrogens with zero attached hydrogens (tertiary/aromatic N) is 1. The van der Waals surface area contributed by atoms with Crippen molar-refractivity contribution >= 4 is 22.4 Å². The fourth-order valence-electron chi connectivity index (χ4n) is 1.65. The highest BCUT2D eigenvalue weighted by molar-refractivity contribution is 7.89. The molecular formula is C9H21ClN2O2S. The smallest absolute Gasteiger partial charge is 0.215 e. The molecule has 0 unspecified atom stereocenters. The molecule has 15 heavy (non-hydrogen) atoms. The van der Waals surface area contributed by atoms with Crippen LogP contribution >= 0.6 is 12.4 Å². The van der Waals surface area contributed by atoms with Gasteiger partial charge < -0.3 is 5.73 Å². The van der Waals surface area contributed by atoms with E-state index in [0.29, 0.717) is 13.1 Å². The Hall–Kier alpha value is 0.160. The van der Waals surface area contributed by atoms with Gasteiger partial charge in [-0.15, -0.1) is 12.4 Å². The SMILES string of the molecule is CC1(C)CCN(S(=O)(=O)CCN)CC1.Cl. The highest BCUT2D eigenvalue weighted by atomic mass is 35.5. The van der Waals surface area contributed by atoms with Crippen LogP contribution in [0, 0.1) is 5.41 Å². The maximum Gasteiger partial charge on any atom is 0.215 e. The van der Waals surface area contributed by atoms with Gasteiger partial charge in [-0.1, -0.05) is 13.8 Å². The molecule has 92 valence electrons. The topological polar surface area (TPSA) is 63.4 Å². The molecule has 4 nitrogen and oxygen atoms in total. The predicted octanol–water partition coefficient (Wildman–Crippen LogP) is 0.819. The Balaban J connectivity index is 0.00000196. The largest absolute Gasteiger partial charge is 0.329 e. The van der Waals surface area contributed by atoms with Crippen molar-refractivity contribution in [3.63, 3.8) is 0 Å². The van der Waals surface area contributed by atoms with Gasteiger partial charge in [0.2, 0.25) is 10.0 Å². The van der Waals surface area contributed by atoms with E-state index in [2.05, 4.69) is 13.8 Å². The van der Waals surface area contributed by atoms with E-state index < -0.39 is 10.0 Å². The van der Waals surface area contributed by atoms with Gasteiger partial charge in [0.1, 0.15) is 0 Å². The molecule has 1 fully saturated rings. The van der Waals surface area contributed by atoms with Crippen molar-refractivity contribution in [2.75, 3.05) is 25.4 Å². The Bertz CT molecular complexity index is 280. The van der Waals surface area contributed by atoms with Crippen molar-refractivity contribution in [1.29, 1.82) is 0 Å². The van der Waals surface area contributed by atoms with Crippen LogP contribution in [0.15, 0.2) is 0 Å². The van der Waals surface area contributed by atoms with Crippen molar-refractivity contribution in [2.24, 2.45) is 11.1 Å². The average Bonchev–Trinajstić information content (AvgIpc) is 2.03. The summed E-state index contributed by atoms with van der Waals surface area (Å²) >= 11 is 0. The van der Waals surface area contributed by atoms with E-state index in [1.165, 1.54) is 0 Å². The molecule has 1 rings (SSSR count). The van der Waals surface area contributed by atoms with Crippen molar-refractivity contribution in [2.45, 2.75) is 26.7 Å². The van der Waals surface area contributed by atoms with Crippen LogP contribution in [-0.2, 0) is 10.0 Å². The summed E-state index contributed by atoms with van der Waals surface area (Å²) < 4.78 is 24.9. The minimum absolute atomic E-state index is 0. The molecule has 1 heterocycles. The Kier molecular flexibility index (Phi) is 5.54. The van der Waals surface area contributed by atoms with Crippen LogP contribution in [0.4, 0.5) is 0 Å². The number of rotatable bonds is 3. The van der Waals surface area contributed by atoms with Crippen molar-refractivity contribution < 1.29 is 8.42 Å². The first-order valence-corrected chi connectivity index (χ1v) is 6.66. The van der Waals surface area contributed by atoms with Crippen molar-refractivity contribution in [3.8, 4) is 0 Å². The molecule has 0 bridgehead atoms. The second kappa shape index (κ2) is 5.48. The monoisotopic (exact) mass is 256 g/mol. The molecule has 1 aliphatic heterocycles. The summed E-state index contributed by atoms with van der Waals surface area (Å²) in [7, 11) is -3.08. The minimum atomic E-state index is -3.08. The fraction of sp³-hybridized carbons (Fsp3) is 1.00. The van der Waals surface area contributed by atoms with Gasteiger partial charge in [0.15, 0.2) is 0 Å². The molecule has 0 amide bonds. The summed E-state index contributed by atoms with van der Waals surface area (Å²) in [6.45, 7) is 5.87. The molecule has 1 aliphatic rings. The van der Waals surface area contributed by atoms with Gasteiger partial charge in [0.05, 0.1) is 5.75 Å². The number of halogens is 1. The van der Waals surface area contributed by atoms with Crippen LogP contribution < -0.4 is 5.73 Å². The summed E-state index contributed by atoms with van der Waals surface area (Å²) in [4.78, 5) is 0. The van der Waals surface area contributed by atoms with Crippen LogP contribution in [0.3, 0.4) is 0 Å². The lowest BCUT2D eigenvalue weighted by Crippen LogP contribution is -2.43. The lowest BCUT2D eigenvalue weighted by Gasteiger charge is -2.36. The predicted molar refractivity (Wildman–Crippen MR) is 64.7 cm³/mol. The number of hydrogen-bond donors (Lipinski definition) is 1. The van der Waals surface area contributed by atoms with E-state index in [9.17, 15) is 8.42 Å². The van der Waals surface area contributed by atoms with Crippen LogP contribution in [-0.4, -0.2) is 38.1 Å². The van der Waals surface area contributed by atoms with Crippen molar-refractivity contribution in [3.05, 3.63) is 0 Å². The van der Waals surface area contributed by atoms with Crippen LogP contribution in [0.1, 0.15) is 26.7 Å². The zero-order chi connectivity index (χ0) is 10.8. The standard InChI is InChI=1S/C9H20N2O2S.ClH/c1-9(2)3-6-11(7-4-9)14(12,13)8-5-10;/h3-8,10H2,1-2H3;1H. The van der Waals surface area contributed by atoms with Crippen molar-refractivity contribution in [1.82, 2.24) is 4.31 Å². The molecular weight excluding hydrogens is 236 g/mol. The second-order valence-electron chi connectivity index (χ2n) is 4.67. The number of piperidine rings is 1. The summed E-state index contributed by atoms with van der Waals surface area (Å²) in [6.07, 6.45) is 1.88. The first kappa shape index (κ1) is 15.2. The summed E-state index contributed by atoms with van der Waals surface area (Å²) in [5, 5.41) is 0. The lowest BCUT2D eigenvalue weighted by molar-refractivity contribution is 0.196. The maximum atomic E-state index is 11.6. The van der Waals surface area contributed by atoms with E-state index in [4.69, 9.17) is 5.73 Å². The van der Waals surface area contributed by atoms with E-state index in [0.717, 1.165) is 12.8 Å². The quantitative estimate of drug-likeness (QED) is 0.813. The highest BCUT2D eigenvalue weighted by Crippen LogP contribution is 2.30. The fourth-order valence-corrected chi connectivity index (χ4v) is 2.94. The summed E-state index contributed by atoms with van der Waals surface area (Å²) in [6, 6.07) is 0. The number of sulfonamides is 1. The van der Waals surface area contributed by atoms with Gasteiger partial charge in [0.25, 0.3) is 0 Å². The van der Waals surface area contributed by atoms with E-state index in [1.807, 2.05) is 0 Å². The molecule has 0 saturated carbocycles. The zero-order valence-corrected chi connectivity index (χ0v) is 11.0. The molecule has 2 N–H and O–H groups in total. The first-order chi connectivity index (χ1) is 6.37. The Morgan fingerprint density at radius 1 is 1.27 bits per heavy atom. The molecule has 6 heteroatoms. The van der Waals surface area contributed by atoms with E-state index in [1.54, 1.807) is 4.31 Å². The van der Waals surface area contributed by atoms with Gasteiger partial charge in [-0.3, -0.25) is 0 Å². The normalized spacial score (nSPS) is 22.1. The van der Waals surface area contributed by atoms with E-state index in [-0.39, 0.29) is 30.1 Å². The summed E-state index contributed by atoms with van der Waals surface area (Å²) in [5.74, 6) is 0.0768. The average molecular weight is 257 g/mol. The van der Waals surface area contributed by atoms with Crippen LogP contribution in [0.2, 0.25) is 0 Å². The third kappa shape index (κ3) is 4.26. The van der Waals surface area contributed by atoms with Crippen LogP contribution in [0.25, 0.3) is 0 Å². The molecule has 0 aliphatic carbocycles. The minimum Gasteiger partial charge on any atom is -0.329 e. The zero-order valence-electron chi connectivity index (χ0n) is 9.40. The first-order valence-electron chi connectivity index (χ1n) is 5.05. The molecule has 0 aromatic heterocycles. The maximum absolute atomic E-state index is 11.6.